The summed E-state index contributed by atoms with van der Waals surface area (Å²) in [4.78, 5) is 44.4. The molecule has 0 saturated carbocycles. The van der Waals surface area contributed by atoms with E-state index in [0.29, 0.717) is 22.5 Å². The molecule has 1 aliphatic carbocycles. The van der Waals surface area contributed by atoms with Gasteiger partial charge in [-0.15, -0.1) is 11.3 Å². The van der Waals surface area contributed by atoms with Crippen LogP contribution in [0.25, 0.3) is 10.2 Å². The third kappa shape index (κ3) is 4.39. The van der Waals surface area contributed by atoms with Crippen molar-refractivity contribution in [1.29, 1.82) is 0 Å². The van der Waals surface area contributed by atoms with Crippen LogP contribution in [-0.2, 0) is 28.9 Å². The molecular weight excluding hydrogens is 414 g/mol. The molecule has 0 aliphatic heterocycles. The van der Waals surface area contributed by atoms with Crippen molar-refractivity contribution in [3.63, 3.8) is 0 Å². The number of amides is 1. The number of aromatic nitrogens is 2. The molecule has 0 spiro atoms. The van der Waals surface area contributed by atoms with Crippen molar-refractivity contribution in [2.24, 2.45) is 0 Å². The van der Waals surface area contributed by atoms with Crippen LogP contribution >= 0.6 is 11.3 Å². The highest BCUT2D eigenvalue weighted by atomic mass is 32.1. The van der Waals surface area contributed by atoms with Gasteiger partial charge in [0.05, 0.1) is 17.1 Å². The van der Waals surface area contributed by atoms with E-state index in [2.05, 4.69) is 10.3 Å². The highest BCUT2D eigenvalue weighted by molar-refractivity contribution is 7.18. The number of carbonyl (C=O) groups is 2. The normalized spacial score (nSPS) is 13.3. The second-order valence-corrected chi connectivity index (χ2v) is 9.10. The fourth-order valence-corrected chi connectivity index (χ4v) is 5.14. The van der Waals surface area contributed by atoms with Gasteiger partial charge in [0.1, 0.15) is 17.2 Å². The summed E-state index contributed by atoms with van der Waals surface area (Å²) in [5, 5.41) is 3.45. The van der Waals surface area contributed by atoms with Crippen molar-refractivity contribution >= 4 is 39.1 Å². The van der Waals surface area contributed by atoms with Crippen molar-refractivity contribution in [2.45, 2.75) is 59.1 Å². The number of fused-ring (bicyclic) bond motifs is 3. The number of thiophene rings is 1. The number of carbonyl (C=O) groups excluding carboxylic acids is 2. The number of anilines is 1. The molecule has 4 rings (SSSR count). The van der Waals surface area contributed by atoms with Crippen LogP contribution in [0, 0.1) is 6.92 Å². The first-order valence-corrected chi connectivity index (χ1v) is 11.3. The molecule has 2 aromatic heterocycles. The summed E-state index contributed by atoms with van der Waals surface area (Å²) in [6.45, 7) is 5.21. The average molecular weight is 440 g/mol. The van der Waals surface area contributed by atoms with E-state index in [1.807, 2.05) is 0 Å². The van der Waals surface area contributed by atoms with Crippen molar-refractivity contribution in [1.82, 2.24) is 9.55 Å². The van der Waals surface area contributed by atoms with E-state index in [0.717, 1.165) is 36.1 Å². The van der Waals surface area contributed by atoms with Crippen molar-refractivity contribution in [2.75, 3.05) is 5.32 Å². The van der Waals surface area contributed by atoms with E-state index in [4.69, 9.17) is 4.74 Å². The van der Waals surface area contributed by atoms with E-state index in [1.165, 1.54) is 9.44 Å². The van der Waals surface area contributed by atoms with Crippen LogP contribution in [0.2, 0.25) is 0 Å². The van der Waals surface area contributed by atoms with Crippen molar-refractivity contribution in [3.8, 4) is 0 Å². The third-order valence-electron chi connectivity index (χ3n) is 5.31. The standard InChI is InChI=1S/C23H25N3O4S/c1-13(2)30-23(29)15-8-10-16(11-9-15)25-19(27)12-26-14(3)24-21-20(22(26)28)17-6-4-5-7-18(17)31-21/h8-11,13H,4-7,12H2,1-3H3,(H,25,27). The molecule has 3 aromatic rings. The van der Waals surface area contributed by atoms with E-state index >= 15 is 0 Å². The minimum absolute atomic E-state index is 0.116. The summed E-state index contributed by atoms with van der Waals surface area (Å²) < 4.78 is 6.60. The summed E-state index contributed by atoms with van der Waals surface area (Å²) in [5.74, 6) is -0.209. The largest absolute Gasteiger partial charge is 0.459 e. The van der Waals surface area contributed by atoms with Crippen LogP contribution in [0.4, 0.5) is 5.69 Å². The van der Waals surface area contributed by atoms with Crippen molar-refractivity contribution in [3.05, 3.63) is 56.4 Å². The van der Waals surface area contributed by atoms with Crippen molar-refractivity contribution < 1.29 is 14.3 Å². The Bertz CT molecular complexity index is 1210. The predicted octanol–water partition coefficient (Wildman–Crippen LogP) is 3.85. The van der Waals surface area contributed by atoms with Gasteiger partial charge in [-0.3, -0.25) is 14.2 Å². The molecule has 1 amide bonds. The minimum Gasteiger partial charge on any atom is -0.459 e. The molecule has 0 unspecified atom stereocenters. The van der Waals surface area contributed by atoms with Crippen LogP contribution in [0.15, 0.2) is 29.1 Å². The topological polar surface area (TPSA) is 90.3 Å². The maximum Gasteiger partial charge on any atom is 0.338 e. The average Bonchev–Trinajstić information content (AvgIpc) is 3.09. The van der Waals surface area contributed by atoms with Gasteiger partial charge in [0, 0.05) is 10.6 Å². The summed E-state index contributed by atoms with van der Waals surface area (Å²) >= 11 is 1.60. The van der Waals surface area contributed by atoms with Gasteiger partial charge in [-0.25, -0.2) is 9.78 Å². The number of nitrogens with one attached hydrogen (secondary N) is 1. The lowest BCUT2D eigenvalue weighted by Crippen LogP contribution is -2.30. The van der Waals surface area contributed by atoms with Gasteiger partial charge < -0.3 is 10.1 Å². The number of aryl methyl sites for hydroxylation is 3. The number of ether oxygens (including phenoxy) is 1. The van der Waals surface area contributed by atoms with Gasteiger partial charge in [0.15, 0.2) is 0 Å². The number of nitrogens with zero attached hydrogens (tertiary/aromatic N) is 2. The molecule has 7 nitrogen and oxygen atoms in total. The zero-order valence-electron chi connectivity index (χ0n) is 17.9. The number of hydrogen-bond donors (Lipinski definition) is 1. The Morgan fingerprint density at radius 2 is 1.90 bits per heavy atom. The first kappa shape index (κ1) is 21.2. The minimum atomic E-state index is -0.409. The summed E-state index contributed by atoms with van der Waals surface area (Å²) in [6, 6.07) is 6.48. The molecule has 0 saturated heterocycles. The lowest BCUT2D eigenvalue weighted by atomic mass is 9.97. The molecule has 0 radical (unpaired) electrons. The molecule has 31 heavy (non-hydrogen) atoms. The van der Waals surface area contributed by atoms with Crippen LogP contribution in [0.1, 0.15) is 53.3 Å². The molecule has 0 fully saturated rings. The first-order valence-electron chi connectivity index (χ1n) is 10.5. The molecule has 0 atom stereocenters. The number of rotatable bonds is 5. The maximum atomic E-state index is 13.2. The van der Waals surface area contributed by atoms with E-state index in [-0.39, 0.29) is 24.1 Å². The highest BCUT2D eigenvalue weighted by Gasteiger charge is 2.22. The molecular formula is C23H25N3O4S. The van der Waals surface area contributed by atoms with E-state index in [9.17, 15) is 14.4 Å². The zero-order valence-corrected chi connectivity index (χ0v) is 18.7. The van der Waals surface area contributed by atoms with Gasteiger partial charge in [-0.2, -0.15) is 0 Å². The number of hydrogen-bond acceptors (Lipinski definition) is 6. The molecule has 1 aliphatic rings. The lowest BCUT2D eigenvalue weighted by Gasteiger charge is -2.12. The van der Waals surface area contributed by atoms with Gasteiger partial charge >= 0.3 is 5.97 Å². The third-order valence-corrected chi connectivity index (χ3v) is 6.50. The van der Waals surface area contributed by atoms with Gasteiger partial charge in [-0.05, 0) is 76.3 Å². The van der Waals surface area contributed by atoms with Crippen LogP contribution in [-0.4, -0.2) is 27.5 Å². The SMILES string of the molecule is Cc1nc2sc3c(c2c(=O)n1CC(=O)Nc1ccc(C(=O)OC(C)C)cc1)CCCC3. The van der Waals surface area contributed by atoms with Gasteiger partial charge in [0.25, 0.3) is 5.56 Å². The smallest absolute Gasteiger partial charge is 0.338 e. The Balaban J connectivity index is 1.52. The second-order valence-electron chi connectivity index (χ2n) is 8.02. The van der Waals surface area contributed by atoms with E-state index < -0.39 is 5.97 Å². The Morgan fingerprint density at radius 3 is 2.61 bits per heavy atom. The summed E-state index contributed by atoms with van der Waals surface area (Å²) in [5.41, 5.74) is 1.92. The number of esters is 1. The Labute approximate surface area is 184 Å². The molecule has 0 bridgehead atoms. The van der Waals surface area contributed by atoms with Gasteiger partial charge in [0.2, 0.25) is 5.91 Å². The Hall–Kier alpha value is -3.00. The quantitative estimate of drug-likeness (QED) is 0.610. The Kier molecular flexibility index (Phi) is 5.91. The second kappa shape index (κ2) is 8.63. The number of benzene rings is 1. The lowest BCUT2D eigenvalue weighted by molar-refractivity contribution is -0.116. The molecule has 8 heteroatoms. The molecule has 2 heterocycles. The fourth-order valence-electron chi connectivity index (χ4n) is 3.84. The first-order chi connectivity index (χ1) is 14.8. The summed E-state index contributed by atoms with van der Waals surface area (Å²) in [6.07, 6.45) is 3.91. The highest BCUT2D eigenvalue weighted by Crippen LogP contribution is 2.33. The van der Waals surface area contributed by atoms with Gasteiger partial charge in [-0.1, -0.05) is 0 Å². The Morgan fingerprint density at radius 1 is 1.19 bits per heavy atom. The molecule has 1 N–H and O–H groups in total. The molecule has 162 valence electrons. The van der Waals surface area contributed by atoms with Crippen LogP contribution in [0.5, 0.6) is 0 Å². The zero-order chi connectivity index (χ0) is 22.1. The monoisotopic (exact) mass is 439 g/mol. The molecule has 1 aromatic carbocycles. The van der Waals surface area contributed by atoms with Crippen LogP contribution in [0.3, 0.4) is 0 Å². The summed E-state index contributed by atoms with van der Waals surface area (Å²) in [7, 11) is 0. The van der Waals surface area contributed by atoms with E-state index in [1.54, 1.807) is 56.4 Å². The fraction of sp³-hybridized carbons (Fsp3) is 0.391. The van der Waals surface area contributed by atoms with Crippen LogP contribution < -0.4 is 10.9 Å². The maximum absolute atomic E-state index is 13.2. The predicted molar refractivity (Wildman–Crippen MR) is 121 cm³/mol.